The molecule has 0 aliphatic heterocycles. The number of nitrogens with one attached hydrogen (secondary N) is 2. The van der Waals surface area contributed by atoms with Crippen molar-refractivity contribution in [2.24, 2.45) is 0 Å². The molecule has 1 aromatic heterocycles. The fourth-order valence-corrected chi connectivity index (χ4v) is 2.32. The van der Waals surface area contributed by atoms with Crippen molar-refractivity contribution in [3.63, 3.8) is 0 Å². The molecule has 2 N–H and O–H groups in total. The molecule has 2 rings (SSSR count). The standard InChI is InChI=1S/C18H25N3OS/c1-6-12(2)13-7-9-14(10-8-13)19-17(23)20-16-11-15(22-21-16)18(3,4)5/h7-12H,6H2,1-5H3,(H2,19,20,21,23). The van der Waals surface area contributed by atoms with Gasteiger partial charge in [-0.15, -0.1) is 0 Å². The van der Waals surface area contributed by atoms with Crippen LogP contribution in [0.3, 0.4) is 0 Å². The first kappa shape index (κ1) is 17.5. The van der Waals surface area contributed by atoms with Crippen molar-refractivity contribution in [3.05, 3.63) is 41.7 Å². The summed E-state index contributed by atoms with van der Waals surface area (Å²) in [5.74, 6) is 2.00. The molecular formula is C18H25N3OS. The summed E-state index contributed by atoms with van der Waals surface area (Å²) < 4.78 is 5.33. The van der Waals surface area contributed by atoms with Gasteiger partial charge in [0.25, 0.3) is 0 Å². The Morgan fingerprint density at radius 2 is 1.87 bits per heavy atom. The normalized spacial score (nSPS) is 12.7. The van der Waals surface area contributed by atoms with Gasteiger partial charge in [0.05, 0.1) is 0 Å². The van der Waals surface area contributed by atoms with E-state index in [0.29, 0.717) is 16.8 Å². The van der Waals surface area contributed by atoms with Crippen LogP contribution in [0.1, 0.15) is 58.3 Å². The monoisotopic (exact) mass is 331 g/mol. The van der Waals surface area contributed by atoms with Gasteiger partial charge >= 0.3 is 0 Å². The molecule has 0 saturated heterocycles. The van der Waals surface area contributed by atoms with E-state index in [2.05, 4.69) is 62.5 Å². The second-order valence-electron chi connectivity index (χ2n) is 6.84. The van der Waals surface area contributed by atoms with Gasteiger partial charge in [0.1, 0.15) is 5.76 Å². The highest BCUT2D eigenvalue weighted by molar-refractivity contribution is 7.80. The van der Waals surface area contributed by atoms with E-state index < -0.39 is 0 Å². The Balaban J connectivity index is 1.95. The summed E-state index contributed by atoms with van der Waals surface area (Å²) in [5.41, 5.74) is 2.21. The number of rotatable bonds is 4. The zero-order valence-corrected chi connectivity index (χ0v) is 15.3. The van der Waals surface area contributed by atoms with Gasteiger partial charge in [0.2, 0.25) is 0 Å². The van der Waals surface area contributed by atoms with E-state index in [1.807, 2.05) is 18.2 Å². The summed E-state index contributed by atoms with van der Waals surface area (Å²) in [5, 5.41) is 10.7. The Morgan fingerprint density at radius 1 is 1.22 bits per heavy atom. The zero-order chi connectivity index (χ0) is 17.0. The Labute approximate surface area is 143 Å². The molecule has 5 heteroatoms. The molecule has 4 nitrogen and oxygen atoms in total. The minimum Gasteiger partial charge on any atom is -0.359 e. The maximum absolute atomic E-state index is 5.33. The van der Waals surface area contributed by atoms with E-state index in [-0.39, 0.29) is 5.41 Å². The average Bonchev–Trinajstić information content (AvgIpc) is 2.95. The lowest BCUT2D eigenvalue weighted by molar-refractivity contribution is 0.331. The predicted molar refractivity (Wildman–Crippen MR) is 100 cm³/mol. The maximum Gasteiger partial charge on any atom is 0.176 e. The molecule has 1 atom stereocenters. The SMILES string of the molecule is CCC(C)c1ccc(NC(=S)Nc2cc(C(C)(C)C)on2)cc1. The Morgan fingerprint density at radius 3 is 2.39 bits per heavy atom. The summed E-state index contributed by atoms with van der Waals surface area (Å²) in [7, 11) is 0. The molecule has 0 radical (unpaired) electrons. The van der Waals surface area contributed by atoms with E-state index in [4.69, 9.17) is 16.7 Å². The van der Waals surface area contributed by atoms with Crippen molar-refractivity contribution in [1.29, 1.82) is 0 Å². The highest BCUT2D eigenvalue weighted by Gasteiger charge is 2.19. The van der Waals surface area contributed by atoms with E-state index in [1.54, 1.807) is 0 Å². The summed E-state index contributed by atoms with van der Waals surface area (Å²) >= 11 is 5.32. The van der Waals surface area contributed by atoms with Crippen LogP contribution < -0.4 is 10.6 Å². The average molecular weight is 331 g/mol. The molecule has 23 heavy (non-hydrogen) atoms. The van der Waals surface area contributed by atoms with Crippen molar-refractivity contribution in [3.8, 4) is 0 Å². The lowest BCUT2D eigenvalue weighted by Crippen LogP contribution is -2.19. The summed E-state index contributed by atoms with van der Waals surface area (Å²) in [6, 6.07) is 10.2. The Bertz CT molecular complexity index is 656. The minimum atomic E-state index is -0.0756. The number of aromatic nitrogens is 1. The van der Waals surface area contributed by atoms with Gasteiger partial charge in [-0.25, -0.2) is 0 Å². The molecule has 0 amide bonds. The van der Waals surface area contributed by atoms with E-state index in [1.165, 1.54) is 5.56 Å². The van der Waals surface area contributed by atoms with Crippen molar-refractivity contribution in [2.75, 3.05) is 10.6 Å². The van der Waals surface area contributed by atoms with E-state index >= 15 is 0 Å². The highest BCUT2D eigenvalue weighted by Crippen LogP contribution is 2.24. The molecule has 0 aliphatic carbocycles. The molecule has 0 bridgehead atoms. The van der Waals surface area contributed by atoms with Gasteiger partial charge in [-0.05, 0) is 42.3 Å². The lowest BCUT2D eigenvalue weighted by Gasteiger charge is -2.12. The topological polar surface area (TPSA) is 50.1 Å². The van der Waals surface area contributed by atoms with E-state index in [9.17, 15) is 0 Å². The Kier molecular flexibility index (Phi) is 5.42. The van der Waals surface area contributed by atoms with Crippen LogP contribution in [-0.2, 0) is 5.41 Å². The molecule has 0 aliphatic rings. The first-order chi connectivity index (χ1) is 10.8. The van der Waals surface area contributed by atoms with Crippen molar-refractivity contribution in [1.82, 2.24) is 5.16 Å². The Hall–Kier alpha value is -1.88. The quantitative estimate of drug-likeness (QED) is 0.745. The third-order valence-electron chi connectivity index (χ3n) is 3.84. The van der Waals surface area contributed by atoms with Crippen LogP contribution in [0, 0.1) is 0 Å². The van der Waals surface area contributed by atoms with Crippen molar-refractivity contribution < 1.29 is 4.52 Å². The molecule has 0 spiro atoms. The lowest BCUT2D eigenvalue weighted by atomic mass is 9.93. The molecule has 1 unspecified atom stereocenters. The number of anilines is 2. The van der Waals surface area contributed by atoms with Crippen molar-refractivity contribution in [2.45, 2.75) is 52.4 Å². The second-order valence-corrected chi connectivity index (χ2v) is 7.25. The number of hydrogen-bond acceptors (Lipinski definition) is 3. The van der Waals surface area contributed by atoms with Crippen LogP contribution >= 0.6 is 12.2 Å². The molecule has 1 heterocycles. The zero-order valence-electron chi connectivity index (χ0n) is 14.4. The smallest absolute Gasteiger partial charge is 0.176 e. The van der Waals surface area contributed by atoms with Gasteiger partial charge in [-0.1, -0.05) is 51.9 Å². The highest BCUT2D eigenvalue weighted by atomic mass is 32.1. The van der Waals surface area contributed by atoms with Crippen LogP contribution in [0.25, 0.3) is 0 Å². The molecular weight excluding hydrogens is 306 g/mol. The van der Waals surface area contributed by atoms with Crippen LogP contribution in [0.15, 0.2) is 34.9 Å². The summed E-state index contributed by atoms with van der Waals surface area (Å²) in [4.78, 5) is 0. The van der Waals surface area contributed by atoms with Gasteiger partial charge < -0.3 is 15.2 Å². The van der Waals surface area contributed by atoms with Gasteiger partial charge in [0.15, 0.2) is 10.9 Å². The fraction of sp³-hybridized carbons (Fsp3) is 0.444. The number of hydrogen-bond donors (Lipinski definition) is 2. The van der Waals surface area contributed by atoms with Crippen molar-refractivity contribution >= 4 is 28.8 Å². The summed E-state index contributed by atoms with van der Waals surface area (Å²) in [6.07, 6.45) is 1.13. The third-order valence-corrected chi connectivity index (χ3v) is 4.05. The summed E-state index contributed by atoms with van der Waals surface area (Å²) in [6.45, 7) is 10.7. The van der Waals surface area contributed by atoms with Gasteiger partial charge in [-0.3, -0.25) is 0 Å². The molecule has 0 saturated carbocycles. The maximum atomic E-state index is 5.33. The van der Waals surface area contributed by atoms with Crippen LogP contribution in [0.5, 0.6) is 0 Å². The number of thiocarbonyl (C=S) groups is 1. The second kappa shape index (κ2) is 7.13. The first-order valence-electron chi connectivity index (χ1n) is 7.94. The van der Waals surface area contributed by atoms with E-state index in [0.717, 1.165) is 17.9 Å². The number of nitrogens with zero attached hydrogens (tertiary/aromatic N) is 1. The van der Waals surface area contributed by atoms with Crippen LogP contribution in [-0.4, -0.2) is 10.3 Å². The first-order valence-corrected chi connectivity index (χ1v) is 8.35. The van der Waals surface area contributed by atoms with Crippen LogP contribution in [0.2, 0.25) is 0 Å². The van der Waals surface area contributed by atoms with Gasteiger partial charge in [-0.2, -0.15) is 0 Å². The fourth-order valence-electron chi connectivity index (χ4n) is 2.10. The van der Waals surface area contributed by atoms with Gasteiger partial charge in [0, 0.05) is 17.2 Å². The third kappa shape index (κ3) is 4.79. The van der Waals surface area contributed by atoms with Crippen LogP contribution in [0.4, 0.5) is 11.5 Å². The predicted octanol–water partition coefficient (Wildman–Crippen LogP) is 5.29. The molecule has 1 aromatic carbocycles. The minimum absolute atomic E-state index is 0.0756. The number of benzene rings is 1. The molecule has 0 fully saturated rings. The molecule has 124 valence electrons. The largest absolute Gasteiger partial charge is 0.359 e. The molecule has 2 aromatic rings.